The van der Waals surface area contributed by atoms with E-state index in [4.69, 9.17) is 5.26 Å². The SMILES string of the molecule is N#Cc1cc(F)[c]cn1. The highest BCUT2D eigenvalue weighted by Crippen LogP contribution is 1.95. The summed E-state index contributed by atoms with van der Waals surface area (Å²) in [6.07, 6.45) is 1.13. The van der Waals surface area contributed by atoms with Gasteiger partial charge in [0.2, 0.25) is 0 Å². The van der Waals surface area contributed by atoms with Crippen molar-refractivity contribution in [3.05, 3.63) is 29.8 Å². The topological polar surface area (TPSA) is 36.7 Å². The molecule has 1 radical (unpaired) electrons. The molecule has 1 rings (SSSR count). The summed E-state index contributed by atoms with van der Waals surface area (Å²) < 4.78 is 12.1. The molecule has 0 aliphatic carbocycles. The Labute approximate surface area is 51.6 Å². The third kappa shape index (κ3) is 1.23. The maximum Gasteiger partial charge on any atom is 0.143 e. The maximum absolute atomic E-state index is 12.1. The number of nitriles is 1. The molecule has 0 aliphatic rings. The van der Waals surface area contributed by atoms with Gasteiger partial charge in [-0.3, -0.25) is 0 Å². The quantitative estimate of drug-likeness (QED) is 0.511. The van der Waals surface area contributed by atoms with Gasteiger partial charge in [-0.25, -0.2) is 9.37 Å². The van der Waals surface area contributed by atoms with Crippen LogP contribution in [0.4, 0.5) is 4.39 Å². The van der Waals surface area contributed by atoms with E-state index < -0.39 is 5.82 Å². The molecular formula is C6H2FN2. The standard InChI is InChI=1S/C6H2FN2/c7-5-1-2-9-6(3-5)4-8/h2-3H. The summed E-state index contributed by atoms with van der Waals surface area (Å²) >= 11 is 0. The van der Waals surface area contributed by atoms with Crippen LogP contribution in [-0.2, 0) is 0 Å². The second-order valence-corrected chi connectivity index (χ2v) is 1.39. The van der Waals surface area contributed by atoms with Gasteiger partial charge in [0, 0.05) is 18.3 Å². The lowest BCUT2D eigenvalue weighted by atomic mass is 10.4. The van der Waals surface area contributed by atoms with Gasteiger partial charge in [0.25, 0.3) is 0 Å². The Morgan fingerprint density at radius 1 is 1.78 bits per heavy atom. The molecule has 0 aliphatic heterocycles. The maximum atomic E-state index is 12.1. The van der Waals surface area contributed by atoms with Crippen molar-refractivity contribution in [2.24, 2.45) is 0 Å². The minimum Gasteiger partial charge on any atom is -0.245 e. The van der Waals surface area contributed by atoms with Crippen molar-refractivity contribution in [2.75, 3.05) is 0 Å². The van der Waals surface area contributed by atoms with Crippen LogP contribution in [0.1, 0.15) is 5.69 Å². The molecule has 0 fully saturated rings. The molecule has 1 aromatic heterocycles. The van der Waals surface area contributed by atoms with Crippen LogP contribution >= 0.6 is 0 Å². The largest absolute Gasteiger partial charge is 0.245 e. The highest BCUT2D eigenvalue weighted by atomic mass is 19.1. The van der Waals surface area contributed by atoms with Gasteiger partial charge in [-0.2, -0.15) is 5.26 Å². The summed E-state index contributed by atoms with van der Waals surface area (Å²) in [6, 6.07) is 4.90. The van der Waals surface area contributed by atoms with Gasteiger partial charge in [0.1, 0.15) is 17.6 Å². The Morgan fingerprint density at radius 3 is 3.00 bits per heavy atom. The van der Waals surface area contributed by atoms with Gasteiger partial charge in [-0.15, -0.1) is 0 Å². The lowest BCUT2D eigenvalue weighted by Gasteiger charge is -1.83. The molecule has 0 saturated heterocycles. The molecule has 0 unspecified atom stereocenters. The van der Waals surface area contributed by atoms with Crippen molar-refractivity contribution in [1.82, 2.24) is 4.98 Å². The summed E-state index contributed by atoms with van der Waals surface area (Å²) in [5.74, 6) is -0.554. The number of pyridine rings is 1. The molecule has 0 spiro atoms. The predicted octanol–water partition coefficient (Wildman–Crippen LogP) is 0.893. The molecule has 9 heavy (non-hydrogen) atoms. The first-order chi connectivity index (χ1) is 4.33. The lowest BCUT2D eigenvalue weighted by molar-refractivity contribution is 0.622. The van der Waals surface area contributed by atoms with E-state index in [1.54, 1.807) is 6.07 Å². The molecule has 0 saturated carbocycles. The summed E-state index contributed by atoms with van der Waals surface area (Å²) in [7, 11) is 0. The molecule has 2 nitrogen and oxygen atoms in total. The molecule has 43 valence electrons. The van der Waals surface area contributed by atoms with E-state index in [9.17, 15) is 4.39 Å². The van der Waals surface area contributed by atoms with E-state index in [0.29, 0.717) is 0 Å². The smallest absolute Gasteiger partial charge is 0.143 e. The Kier molecular flexibility index (Phi) is 1.41. The second kappa shape index (κ2) is 2.23. The first-order valence-electron chi connectivity index (χ1n) is 2.26. The van der Waals surface area contributed by atoms with Crippen molar-refractivity contribution < 1.29 is 4.39 Å². The van der Waals surface area contributed by atoms with Gasteiger partial charge < -0.3 is 0 Å². The van der Waals surface area contributed by atoms with E-state index in [-0.39, 0.29) is 5.69 Å². The van der Waals surface area contributed by atoms with Crippen LogP contribution < -0.4 is 0 Å². The molecule has 0 aromatic carbocycles. The average Bonchev–Trinajstić information content (AvgIpc) is 1.88. The highest BCUT2D eigenvalue weighted by Gasteiger charge is 1.91. The van der Waals surface area contributed by atoms with Gasteiger partial charge in [-0.1, -0.05) is 0 Å². The molecule has 0 bridgehead atoms. The van der Waals surface area contributed by atoms with Crippen molar-refractivity contribution in [1.29, 1.82) is 5.26 Å². The van der Waals surface area contributed by atoms with Crippen LogP contribution in [0, 0.1) is 23.2 Å². The fraction of sp³-hybridized carbons (Fsp3) is 0. The predicted molar refractivity (Wildman–Crippen MR) is 27.7 cm³/mol. The van der Waals surface area contributed by atoms with Gasteiger partial charge in [0.15, 0.2) is 0 Å². The van der Waals surface area contributed by atoms with E-state index in [1.165, 1.54) is 0 Å². The van der Waals surface area contributed by atoms with E-state index >= 15 is 0 Å². The molecule has 1 aromatic rings. The number of halogens is 1. The summed E-state index contributed by atoms with van der Waals surface area (Å²) in [5.41, 5.74) is 0.0752. The average molecular weight is 121 g/mol. The first-order valence-corrected chi connectivity index (χ1v) is 2.26. The second-order valence-electron chi connectivity index (χ2n) is 1.39. The van der Waals surface area contributed by atoms with Crippen molar-refractivity contribution in [3.8, 4) is 6.07 Å². The van der Waals surface area contributed by atoms with E-state index in [1.807, 2.05) is 0 Å². The number of hydrogen-bond donors (Lipinski definition) is 0. The molecule has 3 heteroatoms. The normalized spacial score (nSPS) is 8.44. The van der Waals surface area contributed by atoms with E-state index in [2.05, 4.69) is 11.1 Å². The summed E-state index contributed by atoms with van der Waals surface area (Å²) in [6.45, 7) is 0. The minimum absolute atomic E-state index is 0.0752. The van der Waals surface area contributed by atoms with Crippen LogP contribution in [0.25, 0.3) is 0 Å². The molecule has 0 atom stereocenters. The van der Waals surface area contributed by atoms with Crippen LogP contribution in [0.2, 0.25) is 0 Å². The fourth-order valence-electron chi connectivity index (χ4n) is 0.424. The molecule has 0 amide bonds. The van der Waals surface area contributed by atoms with Crippen molar-refractivity contribution in [3.63, 3.8) is 0 Å². The number of nitrogens with zero attached hydrogens (tertiary/aromatic N) is 2. The molecule has 0 N–H and O–H groups in total. The summed E-state index contributed by atoms with van der Waals surface area (Å²) in [5, 5.41) is 8.17. The Hall–Kier alpha value is -1.43. The third-order valence-electron chi connectivity index (χ3n) is 0.784. The van der Waals surface area contributed by atoms with Gasteiger partial charge in [0.05, 0.1) is 0 Å². The summed E-state index contributed by atoms with van der Waals surface area (Å²) in [4.78, 5) is 3.50. The highest BCUT2D eigenvalue weighted by molar-refractivity contribution is 5.18. The zero-order valence-electron chi connectivity index (χ0n) is 4.43. The van der Waals surface area contributed by atoms with Gasteiger partial charge >= 0.3 is 0 Å². The Morgan fingerprint density at radius 2 is 2.56 bits per heavy atom. The number of rotatable bonds is 0. The number of hydrogen-bond acceptors (Lipinski definition) is 2. The zero-order valence-corrected chi connectivity index (χ0v) is 4.43. The monoisotopic (exact) mass is 121 g/mol. The van der Waals surface area contributed by atoms with E-state index in [0.717, 1.165) is 12.3 Å². The zero-order chi connectivity index (χ0) is 6.69. The Bertz CT molecular complexity index is 251. The number of aromatic nitrogens is 1. The van der Waals surface area contributed by atoms with Crippen LogP contribution in [0.3, 0.4) is 0 Å². The van der Waals surface area contributed by atoms with Gasteiger partial charge in [-0.05, 0) is 0 Å². The molecule has 1 heterocycles. The van der Waals surface area contributed by atoms with Crippen LogP contribution in [-0.4, -0.2) is 4.98 Å². The molecular weight excluding hydrogens is 119 g/mol. The van der Waals surface area contributed by atoms with Crippen molar-refractivity contribution >= 4 is 0 Å². The minimum atomic E-state index is -0.554. The fourth-order valence-corrected chi connectivity index (χ4v) is 0.424. The third-order valence-corrected chi connectivity index (χ3v) is 0.784. The van der Waals surface area contributed by atoms with Crippen LogP contribution in [0.15, 0.2) is 12.3 Å². The van der Waals surface area contributed by atoms with Crippen molar-refractivity contribution in [2.45, 2.75) is 0 Å². The Balaban J connectivity index is 3.12. The first kappa shape index (κ1) is 5.70. The lowest BCUT2D eigenvalue weighted by Crippen LogP contribution is -1.81. The van der Waals surface area contributed by atoms with Crippen LogP contribution in [0.5, 0.6) is 0 Å².